The van der Waals surface area contributed by atoms with Crippen LogP contribution < -0.4 is 48.0 Å². The second-order valence-electron chi connectivity index (χ2n) is 7.42. The zero-order valence-corrected chi connectivity index (χ0v) is 22.2. The van der Waals surface area contributed by atoms with Gasteiger partial charge in [-0.05, 0) is 0 Å². The molecule has 0 bridgehead atoms. The molecule has 128 valence electrons. The molecule has 23 heavy (non-hydrogen) atoms. The minimum atomic E-state index is -0.548. The fourth-order valence-corrected chi connectivity index (χ4v) is 7.41. The van der Waals surface area contributed by atoms with E-state index in [4.69, 9.17) is 0 Å². The third-order valence-electron chi connectivity index (χ3n) is 4.43. The van der Waals surface area contributed by atoms with Crippen LogP contribution >= 0.6 is 0 Å². The Hall–Kier alpha value is 1.30. The molecule has 0 radical (unpaired) electrons. The van der Waals surface area contributed by atoms with Gasteiger partial charge in [-0.2, -0.15) is 0 Å². The Kier molecular flexibility index (Phi) is 11.7. The smallest absolute Gasteiger partial charge is 1.00 e. The average molecular weight is 615 g/mol. The Morgan fingerprint density at radius 3 is 1.43 bits per heavy atom. The first kappa shape index (κ1) is 24.3. The molecule has 2 aliphatic rings. The normalized spacial score (nSPS) is 17.2. The molecule has 0 aromatic rings. The van der Waals surface area contributed by atoms with E-state index < -0.39 is 23.2 Å². The monoisotopic (exact) mass is 614 g/mol. The summed E-state index contributed by atoms with van der Waals surface area (Å²) in [7, 11) is 0. The summed E-state index contributed by atoms with van der Waals surface area (Å²) in [4.78, 5) is 0. The van der Waals surface area contributed by atoms with Crippen LogP contribution in [0.25, 0.3) is 0 Å². The number of halogens is 2. The van der Waals surface area contributed by atoms with Crippen LogP contribution in [0.2, 0.25) is 0 Å². The molecule has 0 aromatic carbocycles. The van der Waals surface area contributed by atoms with Gasteiger partial charge in [0.2, 0.25) is 0 Å². The van der Waals surface area contributed by atoms with E-state index in [1.165, 1.54) is 25.7 Å². The van der Waals surface area contributed by atoms with Gasteiger partial charge in [0, 0.05) is 0 Å². The molecule has 0 saturated heterocycles. The summed E-state index contributed by atoms with van der Waals surface area (Å²) in [5, 5.41) is 0. The number of allylic oxidation sites excluding steroid dienone is 8. The van der Waals surface area contributed by atoms with Crippen LogP contribution in [0.4, 0.5) is 0 Å². The van der Waals surface area contributed by atoms with E-state index in [-0.39, 0.29) is 48.0 Å². The number of rotatable bonds is 6. The molecule has 0 saturated carbocycles. The molecule has 0 N–H and O–H groups in total. The largest absolute Gasteiger partial charge is 1.00 e. The van der Waals surface area contributed by atoms with Crippen LogP contribution in [0.1, 0.15) is 67.2 Å². The molecule has 0 unspecified atom stereocenters. The maximum absolute atomic E-state index is 2.48. The first-order valence-corrected chi connectivity index (χ1v) is 10.9. The second kappa shape index (κ2) is 11.1. The number of hydrogen-bond donors (Lipinski definition) is 0. The van der Waals surface area contributed by atoms with E-state index in [1.807, 2.05) is 6.56 Å². The van der Waals surface area contributed by atoms with Gasteiger partial charge in [-0.15, -0.1) is 0 Å². The standard InChI is InChI=1S/2C10H15.2HI.Zr/c2*1-8(2)7-10-6-4-5-9(10)3;;;/h2*5,8H,4,7H2,1-3H3;2*1H;/q;;;;+2/p-2. The Labute approximate surface area is 189 Å². The van der Waals surface area contributed by atoms with Crippen molar-refractivity contribution in [2.45, 2.75) is 67.2 Å². The molecule has 3 heteroatoms. The molecule has 0 fully saturated rings. The van der Waals surface area contributed by atoms with Gasteiger partial charge in [0.25, 0.3) is 0 Å². The van der Waals surface area contributed by atoms with Crippen LogP contribution in [0.15, 0.2) is 41.0 Å². The van der Waals surface area contributed by atoms with Crippen molar-refractivity contribution in [3.05, 3.63) is 41.0 Å². The van der Waals surface area contributed by atoms with Gasteiger partial charge in [-0.3, -0.25) is 0 Å². The third-order valence-corrected chi connectivity index (χ3v) is 8.40. The molecule has 0 heterocycles. The summed E-state index contributed by atoms with van der Waals surface area (Å²) in [6, 6.07) is 0. The molecular weight excluding hydrogens is 585 g/mol. The molecule has 0 nitrogen and oxygen atoms in total. The third kappa shape index (κ3) is 6.85. The summed E-state index contributed by atoms with van der Waals surface area (Å²) in [5.74, 6) is 1.56. The second-order valence-corrected chi connectivity index (χ2v) is 11.0. The molecule has 2 rings (SSSR count). The van der Waals surface area contributed by atoms with Crippen molar-refractivity contribution in [3.8, 4) is 0 Å². The van der Waals surface area contributed by atoms with Crippen LogP contribution in [0.5, 0.6) is 0 Å². The van der Waals surface area contributed by atoms with E-state index in [0.29, 0.717) is 0 Å². The van der Waals surface area contributed by atoms with Crippen LogP contribution in [-0.4, -0.2) is 0 Å². The topological polar surface area (TPSA) is 0 Å². The molecular formula is C20H30I2Zr. The molecule has 0 amide bonds. The van der Waals surface area contributed by atoms with Crippen molar-refractivity contribution >= 4 is 0 Å². The summed E-state index contributed by atoms with van der Waals surface area (Å²) in [6.07, 6.45) is 10.1. The fourth-order valence-electron chi connectivity index (χ4n) is 3.30. The quantitative estimate of drug-likeness (QED) is 0.380. The summed E-state index contributed by atoms with van der Waals surface area (Å²) >= 11 is -0.548. The van der Waals surface area contributed by atoms with Crippen molar-refractivity contribution in [2.24, 2.45) is 11.8 Å². The Morgan fingerprint density at radius 1 is 0.783 bits per heavy atom. The molecule has 0 aromatic heterocycles. The maximum Gasteiger partial charge on any atom is -1.00 e. The van der Waals surface area contributed by atoms with E-state index in [1.54, 1.807) is 22.3 Å². The minimum absolute atomic E-state index is 0. The van der Waals surface area contributed by atoms with E-state index in [9.17, 15) is 0 Å². The van der Waals surface area contributed by atoms with Gasteiger partial charge in [-0.1, -0.05) is 0 Å². The Balaban J connectivity index is 0.00000242. The Morgan fingerprint density at radius 2 is 1.13 bits per heavy atom. The summed E-state index contributed by atoms with van der Waals surface area (Å²) in [5.41, 5.74) is 6.62. The summed E-state index contributed by atoms with van der Waals surface area (Å²) in [6.45, 7) is 14.1. The number of hydrogen-bond acceptors (Lipinski definition) is 0. The predicted molar refractivity (Wildman–Crippen MR) is 89.7 cm³/mol. The van der Waals surface area contributed by atoms with Crippen molar-refractivity contribution in [1.82, 2.24) is 0 Å². The minimum Gasteiger partial charge on any atom is -1.00 e. The SMILES string of the molecule is CC1=CC[C]([Zr+2][C]2=C(CC(C)C)C(C)=CC2)=C1CC(C)C.[I-].[I-]. The van der Waals surface area contributed by atoms with E-state index in [2.05, 4.69) is 53.7 Å². The van der Waals surface area contributed by atoms with Gasteiger partial charge < -0.3 is 48.0 Å². The maximum atomic E-state index is 2.48. The summed E-state index contributed by atoms with van der Waals surface area (Å²) < 4.78 is 3.73. The zero-order valence-electron chi connectivity index (χ0n) is 15.4. The average Bonchev–Trinajstić information content (AvgIpc) is 2.88. The van der Waals surface area contributed by atoms with Gasteiger partial charge >= 0.3 is 143 Å². The van der Waals surface area contributed by atoms with Crippen LogP contribution in [0.3, 0.4) is 0 Å². The van der Waals surface area contributed by atoms with E-state index in [0.717, 1.165) is 11.8 Å². The van der Waals surface area contributed by atoms with Crippen molar-refractivity contribution in [1.29, 1.82) is 0 Å². The predicted octanol–water partition coefficient (Wildman–Crippen LogP) is 0.377. The van der Waals surface area contributed by atoms with Crippen molar-refractivity contribution in [3.63, 3.8) is 0 Å². The molecule has 0 aliphatic heterocycles. The molecule has 0 spiro atoms. The molecule has 2 aliphatic carbocycles. The Bertz CT molecular complexity index is 486. The van der Waals surface area contributed by atoms with Gasteiger partial charge in [0.05, 0.1) is 0 Å². The van der Waals surface area contributed by atoms with Crippen molar-refractivity contribution < 1.29 is 71.2 Å². The van der Waals surface area contributed by atoms with Crippen molar-refractivity contribution in [2.75, 3.05) is 0 Å². The van der Waals surface area contributed by atoms with Crippen LogP contribution in [0, 0.1) is 11.8 Å². The van der Waals surface area contributed by atoms with Gasteiger partial charge in [0.1, 0.15) is 0 Å². The van der Waals surface area contributed by atoms with Gasteiger partial charge in [-0.25, -0.2) is 0 Å². The first-order valence-electron chi connectivity index (χ1n) is 8.43. The van der Waals surface area contributed by atoms with E-state index >= 15 is 0 Å². The zero-order chi connectivity index (χ0) is 15.6. The first-order chi connectivity index (χ1) is 9.88. The molecule has 0 atom stereocenters. The van der Waals surface area contributed by atoms with Crippen LogP contribution in [-0.2, 0) is 23.2 Å². The van der Waals surface area contributed by atoms with Gasteiger partial charge in [0.15, 0.2) is 0 Å². The fraction of sp³-hybridized carbons (Fsp3) is 0.600.